The van der Waals surface area contributed by atoms with Crippen molar-refractivity contribution >= 4 is 17.4 Å². The number of pyridine rings is 1. The van der Waals surface area contributed by atoms with Gasteiger partial charge in [0.2, 0.25) is 5.91 Å². The summed E-state index contributed by atoms with van der Waals surface area (Å²) >= 11 is 0. The van der Waals surface area contributed by atoms with E-state index in [9.17, 15) is 4.79 Å². The highest BCUT2D eigenvalue weighted by Crippen LogP contribution is 2.38. The number of aryl methyl sites for hydroxylation is 1. The first kappa shape index (κ1) is 13.3. The zero-order chi connectivity index (χ0) is 15.1. The Morgan fingerprint density at radius 1 is 1.09 bits per heavy atom. The van der Waals surface area contributed by atoms with Gasteiger partial charge in [0, 0.05) is 16.9 Å². The molecule has 1 aliphatic heterocycles. The molecule has 1 amide bonds. The molecule has 4 heteroatoms. The number of fused-ring (bicyclic) bond motifs is 2. The van der Waals surface area contributed by atoms with E-state index in [-0.39, 0.29) is 11.8 Å². The number of rotatable bonds is 1. The molecule has 1 atom stereocenters. The summed E-state index contributed by atoms with van der Waals surface area (Å²) in [5.74, 6) is 0.510. The topological polar surface area (TPSA) is 68.0 Å². The summed E-state index contributed by atoms with van der Waals surface area (Å²) < 4.78 is 0. The smallest absolute Gasteiger partial charge is 0.233 e. The van der Waals surface area contributed by atoms with Crippen LogP contribution in [0.4, 0.5) is 11.5 Å². The fourth-order valence-corrected chi connectivity index (χ4v) is 3.58. The van der Waals surface area contributed by atoms with E-state index < -0.39 is 0 Å². The maximum absolute atomic E-state index is 12.4. The second-order valence-corrected chi connectivity index (χ2v) is 6.14. The van der Waals surface area contributed by atoms with Crippen molar-refractivity contribution in [2.75, 3.05) is 11.1 Å². The molecular weight excluding hydrogens is 274 g/mol. The zero-order valence-electron chi connectivity index (χ0n) is 12.4. The highest BCUT2D eigenvalue weighted by Gasteiger charge is 2.31. The predicted molar refractivity (Wildman–Crippen MR) is 86.8 cm³/mol. The Balaban J connectivity index is 1.78. The summed E-state index contributed by atoms with van der Waals surface area (Å²) in [5, 5.41) is 2.97. The van der Waals surface area contributed by atoms with E-state index in [0.717, 1.165) is 41.8 Å². The van der Waals surface area contributed by atoms with Crippen LogP contribution in [0.15, 0.2) is 30.3 Å². The third-order valence-corrected chi connectivity index (χ3v) is 4.79. The molecule has 1 aromatic heterocycles. The van der Waals surface area contributed by atoms with E-state index >= 15 is 0 Å². The van der Waals surface area contributed by atoms with Crippen molar-refractivity contribution in [3.63, 3.8) is 0 Å². The van der Waals surface area contributed by atoms with E-state index in [1.807, 2.05) is 30.3 Å². The number of nitrogen functional groups attached to an aromatic ring is 1. The first-order valence-corrected chi connectivity index (χ1v) is 7.90. The van der Waals surface area contributed by atoms with Crippen LogP contribution in [-0.4, -0.2) is 10.9 Å². The second kappa shape index (κ2) is 5.13. The molecule has 0 saturated heterocycles. The molecule has 2 heterocycles. The number of nitrogens with one attached hydrogen (secondary N) is 1. The van der Waals surface area contributed by atoms with Gasteiger partial charge in [-0.25, -0.2) is 4.98 Å². The van der Waals surface area contributed by atoms with E-state index in [0.29, 0.717) is 12.2 Å². The molecule has 0 spiro atoms. The van der Waals surface area contributed by atoms with Crippen LogP contribution in [0.25, 0.3) is 0 Å². The van der Waals surface area contributed by atoms with Crippen LogP contribution in [-0.2, 0) is 24.1 Å². The monoisotopic (exact) mass is 293 g/mol. The van der Waals surface area contributed by atoms with E-state index in [1.165, 1.54) is 12.0 Å². The lowest BCUT2D eigenvalue weighted by Crippen LogP contribution is -2.30. The number of nitrogens with two attached hydrogens (primary N) is 1. The number of anilines is 2. The Morgan fingerprint density at radius 3 is 2.68 bits per heavy atom. The molecule has 0 bridgehead atoms. The summed E-state index contributed by atoms with van der Waals surface area (Å²) in [6, 6.07) is 9.89. The highest BCUT2D eigenvalue weighted by atomic mass is 16.2. The Kier molecular flexibility index (Phi) is 3.10. The fraction of sp³-hybridized carbons (Fsp3) is 0.333. The van der Waals surface area contributed by atoms with Gasteiger partial charge in [0.1, 0.15) is 5.82 Å². The van der Waals surface area contributed by atoms with Crippen LogP contribution < -0.4 is 11.1 Å². The zero-order valence-corrected chi connectivity index (χ0v) is 12.4. The number of nitrogens with zero attached hydrogens (tertiary/aromatic N) is 1. The molecule has 1 unspecified atom stereocenters. The quantitative estimate of drug-likeness (QED) is 0.849. The number of aromatic nitrogens is 1. The molecule has 22 heavy (non-hydrogen) atoms. The number of benzene rings is 1. The predicted octanol–water partition coefficient (Wildman–Crippen LogP) is 2.82. The van der Waals surface area contributed by atoms with E-state index in [2.05, 4.69) is 10.3 Å². The molecule has 0 fully saturated rings. The minimum Gasteiger partial charge on any atom is -0.398 e. The van der Waals surface area contributed by atoms with Gasteiger partial charge < -0.3 is 11.1 Å². The first-order chi connectivity index (χ1) is 10.7. The van der Waals surface area contributed by atoms with Gasteiger partial charge in [-0.05, 0) is 43.2 Å². The van der Waals surface area contributed by atoms with Crippen LogP contribution in [0.2, 0.25) is 0 Å². The molecule has 3 N–H and O–H groups in total. The lowest BCUT2D eigenvalue weighted by atomic mass is 9.85. The number of hydrogen-bond acceptors (Lipinski definition) is 3. The normalized spacial score (nSPS) is 20.0. The molecule has 2 aliphatic rings. The molecule has 4 nitrogen and oxygen atoms in total. The molecule has 112 valence electrons. The third kappa shape index (κ3) is 2.06. The Hall–Kier alpha value is -2.36. The lowest BCUT2D eigenvalue weighted by Gasteiger charge is -2.28. The maximum Gasteiger partial charge on any atom is 0.233 e. The molecule has 2 aromatic rings. The molecule has 4 rings (SSSR count). The standard InChI is InChI=1S/C18H19N3O/c19-16-12-8-4-5-9-15(12)20-17-14(16)10-13(18(22)21-17)11-6-2-1-3-7-11/h1-3,6-7,13H,4-5,8-10H2,(H3,19,20,21,22). The first-order valence-electron chi connectivity index (χ1n) is 7.90. The minimum atomic E-state index is -0.181. The number of carbonyl (C=O) groups is 1. The summed E-state index contributed by atoms with van der Waals surface area (Å²) in [6.07, 6.45) is 4.93. The van der Waals surface area contributed by atoms with Gasteiger partial charge in [-0.3, -0.25) is 4.79 Å². The maximum atomic E-state index is 12.4. The number of hydrogen-bond donors (Lipinski definition) is 2. The van der Waals surface area contributed by atoms with Crippen molar-refractivity contribution in [2.24, 2.45) is 0 Å². The Labute approximate surface area is 129 Å². The van der Waals surface area contributed by atoms with Crippen LogP contribution in [0.5, 0.6) is 0 Å². The van der Waals surface area contributed by atoms with Crippen molar-refractivity contribution < 1.29 is 4.79 Å². The Morgan fingerprint density at radius 2 is 1.86 bits per heavy atom. The minimum absolute atomic E-state index is 0.0151. The molecule has 0 radical (unpaired) electrons. The fourth-order valence-electron chi connectivity index (χ4n) is 3.58. The molecule has 1 aliphatic carbocycles. The summed E-state index contributed by atoms with van der Waals surface area (Å²) in [4.78, 5) is 17.1. The van der Waals surface area contributed by atoms with Gasteiger partial charge in [-0.1, -0.05) is 30.3 Å². The van der Waals surface area contributed by atoms with Gasteiger partial charge in [-0.15, -0.1) is 0 Å². The van der Waals surface area contributed by atoms with Crippen molar-refractivity contribution in [1.29, 1.82) is 0 Å². The summed E-state index contributed by atoms with van der Waals surface area (Å²) in [5.41, 5.74) is 11.6. The van der Waals surface area contributed by atoms with Crippen molar-refractivity contribution in [2.45, 2.75) is 38.0 Å². The second-order valence-electron chi connectivity index (χ2n) is 6.14. The Bertz CT molecular complexity index is 740. The van der Waals surface area contributed by atoms with Gasteiger partial charge >= 0.3 is 0 Å². The van der Waals surface area contributed by atoms with Crippen LogP contribution >= 0.6 is 0 Å². The SMILES string of the molecule is Nc1c2c(nc3c1CC(c1ccccc1)C(=O)N3)CCCC2. The van der Waals surface area contributed by atoms with Gasteiger partial charge in [0.15, 0.2) is 0 Å². The van der Waals surface area contributed by atoms with Crippen molar-refractivity contribution in [3.05, 3.63) is 52.7 Å². The number of carbonyl (C=O) groups excluding carboxylic acids is 1. The van der Waals surface area contributed by atoms with Crippen molar-refractivity contribution in [1.82, 2.24) is 4.98 Å². The third-order valence-electron chi connectivity index (χ3n) is 4.79. The number of amides is 1. The van der Waals surface area contributed by atoms with Crippen LogP contribution in [0.1, 0.15) is 41.1 Å². The summed E-state index contributed by atoms with van der Waals surface area (Å²) in [6.45, 7) is 0. The van der Waals surface area contributed by atoms with Crippen LogP contribution in [0, 0.1) is 0 Å². The average molecular weight is 293 g/mol. The summed E-state index contributed by atoms with van der Waals surface area (Å²) in [7, 11) is 0. The molecule has 1 aromatic carbocycles. The highest BCUT2D eigenvalue weighted by molar-refractivity contribution is 5.99. The average Bonchev–Trinajstić information content (AvgIpc) is 2.55. The van der Waals surface area contributed by atoms with Crippen LogP contribution in [0.3, 0.4) is 0 Å². The molecular formula is C18H19N3O. The van der Waals surface area contributed by atoms with Crippen molar-refractivity contribution in [3.8, 4) is 0 Å². The van der Waals surface area contributed by atoms with E-state index in [1.54, 1.807) is 0 Å². The van der Waals surface area contributed by atoms with Gasteiger partial charge in [0.05, 0.1) is 5.92 Å². The van der Waals surface area contributed by atoms with Gasteiger partial charge in [-0.2, -0.15) is 0 Å². The largest absolute Gasteiger partial charge is 0.398 e. The lowest BCUT2D eigenvalue weighted by molar-refractivity contribution is -0.117. The van der Waals surface area contributed by atoms with E-state index in [4.69, 9.17) is 5.73 Å². The molecule has 0 saturated carbocycles. The van der Waals surface area contributed by atoms with Gasteiger partial charge in [0.25, 0.3) is 0 Å².